The van der Waals surface area contributed by atoms with Crippen LogP contribution in [0.5, 0.6) is 0 Å². The number of hydrogen-bond donors (Lipinski definition) is 0. The van der Waals surface area contributed by atoms with Crippen molar-refractivity contribution in [3.63, 3.8) is 0 Å². The second-order valence-electron chi connectivity index (χ2n) is 4.01. The SMILES string of the molecule is COC(=O)/C=C(/c1ccccc1)C(C(F)(F)F)C(F)(F)F. The van der Waals surface area contributed by atoms with Gasteiger partial charge in [-0.25, -0.2) is 4.79 Å². The van der Waals surface area contributed by atoms with E-state index < -0.39 is 29.8 Å². The summed E-state index contributed by atoms with van der Waals surface area (Å²) in [6.45, 7) is 0. The molecule has 0 heterocycles. The minimum atomic E-state index is -5.59. The average molecular weight is 312 g/mol. The van der Waals surface area contributed by atoms with Gasteiger partial charge in [-0.05, 0) is 11.1 Å². The van der Waals surface area contributed by atoms with Crippen molar-refractivity contribution in [2.24, 2.45) is 5.92 Å². The molecule has 0 saturated heterocycles. The number of ether oxygens (including phenoxy) is 1. The number of esters is 1. The molecule has 0 unspecified atom stereocenters. The Morgan fingerprint density at radius 1 is 1.05 bits per heavy atom. The maximum atomic E-state index is 12.8. The molecule has 8 heteroatoms. The molecule has 0 saturated carbocycles. The zero-order valence-corrected chi connectivity index (χ0v) is 10.6. The van der Waals surface area contributed by atoms with Crippen LogP contribution >= 0.6 is 0 Å². The molecule has 21 heavy (non-hydrogen) atoms. The lowest BCUT2D eigenvalue weighted by atomic mass is 9.91. The minimum Gasteiger partial charge on any atom is -0.466 e. The van der Waals surface area contributed by atoms with E-state index in [0.717, 1.165) is 19.2 Å². The molecule has 0 atom stereocenters. The van der Waals surface area contributed by atoms with Gasteiger partial charge < -0.3 is 4.74 Å². The molecular formula is C13H10F6O2. The molecule has 2 nitrogen and oxygen atoms in total. The largest absolute Gasteiger partial charge is 0.466 e. The monoisotopic (exact) mass is 312 g/mol. The third kappa shape index (κ3) is 4.51. The quantitative estimate of drug-likeness (QED) is 0.479. The molecule has 1 aromatic rings. The van der Waals surface area contributed by atoms with Crippen LogP contribution in [0.2, 0.25) is 0 Å². The highest BCUT2D eigenvalue weighted by Gasteiger charge is 2.58. The lowest BCUT2D eigenvalue weighted by Crippen LogP contribution is -2.37. The molecule has 0 radical (unpaired) electrons. The molecule has 0 bridgehead atoms. The van der Waals surface area contributed by atoms with Gasteiger partial charge in [0.2, 0.25) is 0 Å². The zero-order chi connectivity index (χ0) is 16.3. The first-order valence-electron chi connectivity index (χ1n) is 5.55. The molecule has 0 aliphatic heterocycles. The van der Waals surface area contributed by atoms with Crippen molar-refractivity contribution in [3.05, 3.63) is 42.0 Å². The van der Waals surface area contributed by atoms with Crippen molar-refractivity contribution >= 4 is 11.5 Å². The molecule has 1 aromatic carbocycles. The van der Waals surface area contributed by atoms with Crippen LogP contribution in [0.15, 0.2) is 36.4 Å². The lowest BCUT2D eigenvalue weighted by Gasteiger charge is -2.25. The highest BCUT2D eigenvalue weighted by molar-refractivity contribution is 5.92. The third-order valence-corrected chi connectivity index (χ3v) is 2.55. The Labute approximate surface area is 116 Å². The summed E-state index contributed by atoms with van der Waals surface area (Å²) < 4.78 is 80.9. The molecule has 0 aliphatic carbocycles. The number of halogens is 6. The van der Waals surface area contributed by atoms with Crippen molar-refractivity contribution < 1.29 is 35.9 Å². The first kappa shape index (κ1) is 17.1. The van der Waals surface area contributed by atoms with Crippen LogP contribution in [-0.4, -0.2) is 25.4 Å². The van der Waals surface area contributed by atoms with E-state index in [2.05, 4.69) is 4.74 Å². The van der Waals surface area contributed by atoms with Crippen LogP contribution < -0.4 is 0 Å². The molecule has 0 aliphatic rings. The van der Waals surface area contributed by atoms with E-state index in [1.165, 1.54) is 18.2 Å². The van der Waals surface area contributed by atoms with Gasteiger partial charge in [0.1, 0.15) is 0 Å². The first-order chi connectivity index (χ1) is 9.57. The van der Waals surface area contributed by atoms with Crippen molar-refractivity contribution in [1.29, 1.82) is 0 Å². The molecule has 0 fully saturated rings. The summed E-state index contributed by atoms with van der Waals surface area (Å²) in [6, 6.07) is 6.07. The van der Waals surface area contributed by atoms with Crippen LogP contribution in [0.25, 0.3) is 5.57 Å². The number of rotatable bonds is 3. The van der Waals surface area contributed by atoms with Crippen LogP contribution in [0.1, 0.15) is 5.56 Å². The summed E-state index contributed by atoms with van der Waals surface area (Å²) >= 11 is 0. The standard InChI is InChI=1S/C13H10F6O2/c1-21-10(20)7-9(8-5-3-2-4-6-8)11(12(14,15)16)13(17,18)19/h2-7,11H,1H3/b9-7-. The van der Waals surface area contributed by atoms with E-state index in [1.807, 2.05) is 0 Å². The van der Waals surface area contributed by atoms with Crippen LogP contribution in [0.4, 0.5) is 26.3 Å². The molecule has 1 rings (SSSR count). The van der Waals surface area contributed by atoms with E-state index in [0.29, 0.717) is 0 Å². The highest BCUT2D eigenvalue weighted by Crippen LogP contribution is 2.47. The van der Waals surface area contributed by atoms with E-state index in [9.17, 15) is 31.1 Å². The molecule has 0 spiro atoms. The second kappa shape index (κ2) is 6.19. The fraction of sp³-hybridized carbons (Fsp3) is 0.308. The summed E-state index contributed by atoms with van der Waals surface area (Å²) in [6.07, 6.45) is -11.0. The summed E-state index contributed by atoms with van der Waals surface area (Å²) in [4.78, 5) is 11.1. The van der Waals surface area contributed by atoms with E-state index in [4.69, 9.17) is 0 Å². The van der Waals surface area contributed by atoms with Gasteiger partial charge in [-0.1, -0.05) is 30.3 Å². The zero-order valence-electron chi connectivity index (χ0n) is 10.6. The highest BCUT2D eigenvalue weighted by atomic mass is 19.4. The van der Waals surface area contributed by atoms with Crippen molar-refractivity contribution in [2.75, 3.05) is 7.11 Å². The van der Waals surface area contributed by atoms with Gasteiger partial charge in [-0.3, -0.25) is 0 Å². The van der Waals surface area contributed by atoms with Gasteiger partial charge >= 0.3 is 18.3 Å². The van der Waals surface area contributed by atoms with Crippen molar-refractivity contribution in [2.45, 2.75) is 12.4 Å². The number of carbonyl (C=O) groups excluding carboxylic acids is 1. The maximum Gasteiger partial charge on any atom is 0.404 e. The van der Waals surface area contributed by atoms with Crippen LogP contribution in [-0.2, 0) is 9.53 Å². The molecule has 0 aromatic heterocycles. The Kier molecular flexibility index (Phi) is 5.03. The predicted molar refractivity (Wildman–Crippen MR) is 62.0 cm³/mol. The Balaban J connectivity index is 3.48. The van der Waals surface area contributed by atoms with E-state index >= 15 is 0 Å². The summed E-state index contributed by atoms with van der Waals surface area (Å²) in [5.74, 6) is -5.07. The van der Waals surface area contributed by atoms with E-state index in [-0.39, 0.29) is 11.6 Å². The number of methoxy groups -OCH3 is 1. The number of carbonyl (C=O) groups is 1. The van der Waals surface area contributed by atoms with Crippen LogP contribution in [0.3, 0.4) is 0 Å². The van der Waals surface area contributed by atoms with Gasteiger partial charge in [0.25, 0.3) is 0 Å². The van der Waals surface area contributed by atoms with Crippen LogP contribution in [0, 0.1) is 5.92 Å². The second-order valence-corrected chi connectivity index (χ2v) is 4.01. The average Bonchev–Trinajstić information content (AvgIpc) is 2.35. The number of allylic oxidation sites excluding steroid dienone is 1. The summed E-state index contributed by atoms with van der Waals surface area (Å²) in [5, 5.41) is 0. The van der Waals surface area contributed by atoms with Crippen molar-refractivity contribution in [1.82, 2.24) is 0 Å². The minimum absolute atomic E-state index is 0.209. The van der Waals surface area contributed by atoms with Gasteiger partial charge in [0.15, 0.2) is 5.92 Å². The van der Waals surface area contributed by atoms with Gasteiger partial charge in [0.05, 0.1) is 7.11 Å². The Bertz CT molecular complexity index is 502. The maximum absolute atomic E-state index is 12.8. The molecule has 0 amide bonds. The molecule has 0 N–H and O–H groups in total. The van der Waals surface area contributed by atoms with Gasteiger partial charge in [0, 0.05) is 6.08 Å². The normalized spacial score (nSPS) is 13.4. The Morgan fingerprint density at radius 3 is 1.90 bits per heavy atom. The molecular weight excluding hydrogens is 302 g/mol. The number of benzene rings is 1. The van der Waals surface area contributed by atoms with Gasteiger partial charge in [-0.15, -0.1) is 0 Å². The Hall–Kier alpha value is -1.99. The summed E-state index contributed by atoms with van der Waals surface area (Å²) in [5.41, 5.74) is -1.56. The predicted octanol–water partition coefficient (Wildman–Crippen LogP) is 3.98. The first-order valence-corrected chi connectivity index (χ1v) is 5.55. The Morgan fingerprint density at radius 2 is 1.52 bits per heavy atom. The fourth-order valence-corrected chi connectivity index (χ4v) is 1.69. The smallest absolute Gasteiger partial charge is 0.404 e. The molecule has 116 valence electrons. The third-order valence-electron chi connectivity index (χ3n) is 2.55. The van der Waals surface area contributed by atoms with Gasteiger partial charge in [-0.2, -0.15) is 26.3 Å². The number of alkyl halides is 6. The number of hydrogen-bond acceptors (Lipinski definition) is 2. The van der Waals surface area contributed by atoms with E-state index in [1.54, 1.807) is 0 Å². The summed E-state index contributed by atoms with van der Waals surface area (Å²) in [7, 11) is 0.859. The topological polar surface area (TPSA) is 26.3 Å². The fourth-order valence-electron chi connectivity index (χ4n) is 1.69. The lowest BCUT2D eigenvalue weighted by molar-refractivity contribution is -0.263. The van der Waals surface area contributed by atoms with Crippen molar-refractivity contribution in [3.8, 4) is 0 Å².